The molecule has 3 heteroatoms. The van der Waals surface area contributed by atoms with E-state index in [9.17, 15) is 13.2 Å². The van der Waals surface area contributed by atoms with Gasteiger partial charge in [0.15, 0.2) is 0 Å². The minimum atomic E-state index is -3.97. The minimum Gasteiger partial charge on any atom is -0.171 e. The van der Waals surface area contributed by atoms with Crippen molar-refractivity contribution in [3.05, 3.63) is 6.42 Å². The molecule has 2 atom stereocenters. The van der Waals surface area contributed by atoms with Crippen LogP contribution in [-0.4, -0.2) is 6.18 Å². The third-order valence-electron chi connectivity index (χ3n) is 2.20. The predicted octanol–water partition coefficient (Wildman–Crippen LogP) is 3.19. The molecule has 0 bridgehead atoms. The summed E-state index contributed by atoms with van der Waals surface area (Å²) in [6, 6.07) is 0. The van der Waals surface area contributed by atoms with Crippen molar-refractivity contribution in [3.63, 3.8) is 0 Å². The minimum absolute atomic E-state index is 0.135. The van der Waals surface area contributed by atoms with Gasteiger partial charge in [0, 0.05) is 0 Å². The van der Waals surface area contributed by atoms with Gasteiger partial charge in [0.2, 0.25) is 0 Å². The van der Waals surface area contributed by atoms with Crippen LogP contribution in [0.1, 0.15) is 26.2 Å². The standard InChI is InChI=1S/C8H12F3/c1-6-3-2-4-7(5-6)8(9,10)11/h3,6-7H,2,4-5H2,1H3. The van der Waals surface area contributed by atoms with E-state index in [1.165, 1.54) is 0 Å². The molecule has 1 aliphatic rings. The van der Waals surface area contributed by atoms with E-state index in [0.717, 1.165) is 0 Å². The predicted molar refractivity (Wildman–Crippen MR) is 36.9 cm³/mol. The Kier molecular flexibility index (Phi) is 2.45. The fourth-order valence-corrected chi connectivity index (χ4v) is 1.54. The van der Waals surface area contributed by atoms with Gasteiger partial charge in [0.05, 0.1) is 5.92 Å². The van der Waals surface area contributed by atoms with E-state index < -0.39 is 12.1 Å². The normalized spacial score (nSPS) is 33.8. The molecule has 0 amide bonds. The Morgan fingerprint density at radius 1 is 1.36 bits per heavy atom. The summed E-state index contributed by atoms with van der Waals surface area (Å²) < 4.78 is 36.3. The van der Waals surface area contributed by atoms with Crippen LogP contribution in [-0.2, 0) is 0 Å². The van der Waals surface area contributed by atoms with Crippen LogP contribution in [0.25, 0.3) is 0 Å². The summed E-state index contributed by atoms with van der Waals surface area (Å²) in [4.78, 5) is 0. The van der Waals surface area contributed by atoms with Crippen molar-refractivity contribution in [2.45, 2.75) is 32.4 Å². The molecule has 0 aromatic heterocycles. The number of hydrogen-bond acceptors (Lipinski definition) is 0. The van der Waals surface area contributed by atoms with Gasteiger partial charge in [-0.05, 0) is 31.6 Å². The third-order valence-corrected chi connectivity index (χ3v) is 2.20. The lowest BCUT2D eigenvalue weighted by Crippen LogP contribution is -2.28. The molecular formula is C8H12F3. The average Bonchev–Trinajstić information content (AvgIpc) is 1.86. The summed E-state index contributed by atoms with van der Waals surface area (Å²) in [6.07, 6.45) is -0.812. The Bertz CT molecular complexity index is 128. The Morgan fingerprint density at radius 2 is 2.00 bits per heavy atom. The highest BCUT2D eigenvalue weighted by Crippen LogP contribution is 2.39. The molecule has 2 unspecified atom stereocenters. The SMILES string of the molecule is CC1[CH]CCC(C(F)(F)F)C1. The van der Waals surface area contributed by atoms with E-state index in [0.29, 0.717) is 6.42 Å². The van der Waals surface area contributed by atoms with Crippen molar-refractivity contribution in [2.75, 3.05) is 0 Å². The van der Waals surface area contributed by atoms with Gasteiger partial charge in [0.25, 0.3) is 0 Å². The van der Waals surface area contributed by atoms with E-state index in [-0.39, 0.29) is 18.8 Å². The average molecular weight is 165 g/mol. The maximum atomic E-state index is 12.1. The van der Waals surface area contributed by atoms with Crippen molar-refractivity contribution in [3.8, 4) is 0 Å². The van der Waals surface area contributed by atoms with Crippen molar-refractivity contribution in [2.24, 2.45) is 11.8 Å². The molecule has 0 heterocycles. The first-order chi connectivity index (χ1) is 5.00. The van der Waals surface area contributed by atoms with Gasteiger partial charge in [-0.15, -0.1) is 0 Å². The molecule has 1 saturated carbocycles. The van der Waals surface area contributed by atoms with Gasteiger partial charge in [0.1, 0.15) is 0 Å². The van der Waals surface area contributed by atoms with Crippen LogP contribution in [0.3, 0.4) is 0 Å². The molecule has 0 aliphatic heterocycles. The Hall–Kier alpha value is -0.210. The van der Waals surface area contributed by atoms with E-state index in [1.807, 2.05) is 13.3 Å². The first-order valence-electron chi connectivity index (χ1n) is 3.90. The second-order valence-corrected chi connectivity index (χ2v) is 3.26. The highest BCUT2D eigenvalue weighted by molar-refractivity contribution is 4.85. The second-order valence-electron chi connectivity index (χ2n) is 3.26. The zero-order valence-corrected chi connectivity index (χ0v) is 6.49. The summed E-state index contributed by atoms with van der Waals surface area (Å²) in [6.45, 7) is 1.85. The van der Waals surface area contributed by atoms with Gasteiger partial charge < -0.3 is 0 Å². The molecular weight excluding hydrogens is 153 g/mol. The van der Waals surface area contributed by atoms with Crippen LogP contribution in [0.5, 0.6) is 0 Å². The maximum Gasteiger partial charge on any atom is 0.391 e. The van der Waals surface area contributed by atoms with Gasteiger partial charge in [-0.25, -0.2) is 0 Å². The van der Waals surface area contributed by atoms with Gasteiger partial charge in [-0.3, -0.25) is 0 Å². The van der Waals surface area contributed by atoms with Crippen LogP contribution in [0.15, 0.2) is 0 Å². The van der Waals surface area contributed by atoms with Crippen molar-refractivity contribution < 1.29 is 13.2 Å². The summed E-state index contributed by atoms with van der Waals surface area (Å²) in [7, 11) is 0. The summed E-state index contributed by atoms with van der Waals surface area (Å²) in [5.41, 5.74) is 0. The zero-order chi connectivity index (χ0) is 8.48. The van der Waals surface area contributed by atoms with E-state index in [1.54, 1.807) is 0 Å². The van der Waals surface area contributed by atoms with Crippen LogP contribution in [0, 0.1) is 18.3 Å². The monoisotopic (exact) mass is 165 g/mol. The van der Waals surface area contributed by atoms with Crippen LogP contribution in [0.2, 0.25) is 0 Å². The zero-order valence-electron chi connectivity index (χ0n) is 6.49. The lowest BCUT2D eigenvalue weighted by atomic mass is 9.82. The molecule has 1 rings (SSSR count). The fourth-order valence-electron chi connectivity index (χ4n) is 1.54. The lowest BCUT2D eigenvalue weighted by molar-refractivity contribution is -0.182. The number of halogens is 3. The molecule has 1 fully saturated rings. The molecule has 0 nitrogen and oxygen atoms in total. The maximum absolute atomic E-state index is 12.1. The van der Waals surface area contributed by atoms with E-state index >= 15 is 0 Å². The summed E-state index contributed by atoms with van der Waals surface area (Å²) in [5.74, 6) is -0.919. The first-order valence-corrected chi connectivity index (χ1v) is 3.90. The molecule has 0 saturated heterocycles. The molecule has 0 aromatic rings. The molecule has 0 N–H and O–H groups in total. The number of hydrogen-bond donors (Lipinski definition) is 0. The van der Waals surface area contributed by atoms with Gasteiger partial charge >= 0.3 is 6.18 Å². The van der Waals surface area contributed by atoms with Crippen LogP contribution >= 0.6 is 0 Å². The van der Waals surface area contributed by atoms with Gasteiger partial charge in [-0.2, -0.15) is 13.2 Å². The van der Waals surface area contributed by atoms with Gasteiger partial charge in [-0.1, -0.05) is 6.92 Å². The number of rotatable bonds is 0. The number of alkyl halides is 3. The topological polar surface area (TPSA) is 0 Å². The van der Waals surface area contributed by atoms with Crippen molar-refractivity contribution in [1.82, 2.24) is 0 Å². The highest BCUT2D eigenvalue weighted by atomic mass is 19.4. The second kappa shape index (κ2) is 3.03. The fraction of sp³-hybridized carbons (Fsp3) is 0.875. The highest BCUT2D eigenvalue weighted by Gasteiger charge is 2.41. The molecule has 0 aromatic carbocycles. The molecule has 1 aliphatic carbocycles. The van der Waals surface area contributed by atoms with E-state index in [2.05, 4.69) is 0 Å². The first kappa shape index (κ1) is 8.88. The molecule has 1 radical (unpaired) electrons. The lowest BCUT2D eigenvalue weighted by Gasteiger charge is -2.27. The largest absolute Gasteiger partial charge is 0.391 e. The smallest absolute Gasteiger partial charge is 0.171 e. The Morgan fingerprint density at radius 3 is 2.36 bits per heavy atom. The van der Waals surface area contributed by atoms with Crippen molar-refractivity contribution in [1.29, 1.82) is 0 Å². The Balaban J connectivity index is 2.46. The quantitative estimate of drug-likeness (QED) is 0.517. The van der Waals surface area contributed by atoms with Crippen LogP contribution in [0.4, 0.5) is 13.2 Å². The summed E-state index contributed by atoms with van der Waals surface area (Å²) >= 11 is 0. The molecule has 11 heavy (non-hydrogen) atoms. The Labute approximate surface area is 64.8 Å². The third kappa shape index (κ3) is 2.38. The summed E-state index contributed by atoms with van der Waals surface area (Å²) in [5, 5.41) is 0. The van der Waals surface area contributed by atoms with Crippen molar-refractivity contribution >= 4 is 0 Å². The van der Waals surface area contributed by atoms with Crippen LogP contribution < -0.4 is 0 Å². The van der Waals surface area contributed by atoms with E-state index in [4.69, 9.17) is 0 Å². The molecule has 0 spiro atoms. The molecule has 65 valence electrons.